The molecule has 2 aromatic heterocycles. The molecular formula is C25H26Br2N4O6. The van der Waals surface area contributed by atoms with E-state index in [2.05, 4.69) is 51.8 Å². The zero-order chi connectivity index (χ0) is 26.8. The van der Waals surface area contributed by atoms with Crippen molar-refractivity contribution >= 4 is 59.8 Å². The lowest BCUT2D eigenvalue weighted by Crippen LogP contribution is -2.25. The molecule has 1 N–H and O–H groups in total. The number of ether oxygens (including phenoxy) is 4. The van der Waals surface area contributed by atoms with Crippen LogP contribution in [-0.2, 0) is 9.47 Å². The van der Waals surface area contributed by atoms with Crippen molar-refractivity contribution in [2.45, 2.75) is 26.4 Å². The lowest BCUT2D eigenvalue weighted by atomic mass is 10.2. The van der Waals surface area contributed by atoms with Gasteiger partial charge in [-0.25, -0.2) is 14.8 Å². The van der Waals surface area contributed by atoms with Gasteiger partial charge < -0.3 is 24.1 Å². The van der Waals surface area contributed by atoms with Crippen LogP contribution in [0.15, 0.2) is 57.7 Å². The topological polar surface area (TPSA) is 126 Å². The van der Waals surface area contributed by atoms with Gasteiger partial charge in [0.1, 0.15) is 25.4 Å². The van der Waals surface area contributed by atoms with Crippen LogP contribution in [0.2, 0.25) is 0 Å². The standard InChI is InChI=1S/C15H17BrN2O4.C10H9BrN2O2/c1-15(2,3)22-14(19)21-7-6-20-13-17-9-10-8-11(16)4-5-12(10)18-13;11-8-1-2-9-7(5-8)6-12-10(13-9)15-4-3-14/h4-5,8-9H,6-7H2,1-3H3;1-2,5-6,14H,3-4H2. The summed E-state index contributed by atoms with van der Waals surface area (Å²) in [7, 11) is 0. The molecule has 0 atom stereocenters. The number of carbonyl (C=O) groups is 1. The molecule has 10 nitrogen and oxygen atoms in total. The van der Waals surface area contributed by atoms with Gasteiger partial charge in [0.05, 0.1) is 17.6 Å². The minimum absolute atomic E-state index is 0.0399. The zero-order valence-corrected chi connectivity index (χ0v) is 23.7. The maximum Gasteiger partial charge on any atom is 0.508 e. The summed E-state index contributed by atoms with van der Waals surface area (Å²) in [5, 5.41) is 10.4. The van der Waals surface area contributed by atoms with Crippen molar-refractivity contribution in [2.75, 3.05) is 26.4 Å². The molecule has 12 heteroatoms. The first-order valence-electron chi connectivity index (χ1n) is 11.2. The van der Waals surface area contributed by atoms with Gasteiger partial charge in [-0.05, 0) is 57.2 Å². The van der Waals surface area contributed by atoms with Gasteiger partial charge in [0, 0.05) is 32.1 Å². The summed E-state index contributed by atoms with van der Waals surface area (Å²) in [6, 6.07) is 11.9. The van der Waals surface area contributed by atoms with E-state index in [0.717, 1.165) is 30.8 Å². The Morgan fingerprint density at radius 3 is 1.84 bits per heavy atom. The number of fused-ring (bicyclic) bond motifs is 2. The Bertz CT molecular complexity index is 1350. The zero-order valence-electron chi connectivity index (χ0n) is 20.5. The van der Waals surface area contributed by atoms with Gasteiger partial charge in [0.2, 0.25) is 0 Å². The lowest BCUT2D eigenvalue weighted by Gasteiger charge is -2.18. The van der Waals surface area contributed by atoms with Gasteiger partial charge in [0.15, 0.2) is 0 Å². The molecule has 0 bridgehead atoms. The van der Waals surface area contributed by atoms with Gasteiger partial charge in [-0.3, -0.25) is 0 Å². The molecule has 0 aliphatic carbocycles. The molecule has 0 aliphatic rings. The third kappa shape index (κ3) is 9.71. The fourth-order valence-electron chi connectivity index (χ4n) is 2.79. The third-order valence-electron chi connectivity index (χ3n) is 4.29. The highest BCUT2D eigenvalue weighted by atomic mass is 79.9. The van der Waals surface area contributed by atoms with Crippen molar-refractivity contribution in [3.05, 3.63) is 57.7 Å². The van der Waals surface area contributed by atoms with Crippen LogP contribution in [-0.4, -0.2) is 63.2 Å². The Balaban J connectivity index is 0.000000220. The first-order valence-corrected chi connectivity index (χ1v) is 12.8. The van der Waals surface area contributed by atoms with Crippen LogP contribution in [0.5, 0.6) is 12.0 Å². The van der Waals surface area contributed by atoms with Crippen molar-refractivity contribution in [3.63, 3.8) is 0 Å². The van der Waals surface area contributed by atoms with Crippen molar-refractivity contribution < 1.29 is 28.8 Å². The summed E-state index contributed by atoms with van der Waals surface area (Å²) in [6.45, 7) is 5.70. The normalized spacial score (nSPS) is 11.0. The number of rotatable bonds is 7. The summed E-state index contributed by atoms with van der Waals surface area (Å²) in [5.74, 6) is 0. The maximum absolute atomic E-state index is 11.3. The molecule has 0 amide bonds. The molecule has 0 radical (unpaired) electrons. The van der Waals surface area contributed by atoms with Crippen LogP contribution in [0.25, 0.3) is 21.8 Å². The van der Waals surface area contributed by atoms with Crippen molar-refractivity contribution in [2.24, 2.45) is 0 Å². The lowest BCUT2D eigenvalue weighted by molar-refractivity contribution is -0.0117. The highest BCUT2D eigenvalue weighted by Crippen LogP contribution is 2.20. The van der Waals surface area contributed by atoms with E-state index < -0.39 is 11.8 Å². The predicted molar refractivity (Wildman–Crippen MR) is 145 cm³/mol. The number of benzene rings is 2. The summed E-state index contributed by atoms with van der Waals surface area (Å²) < 4.78 is 22.3. The number of aliphatic hydroxyl groups excluding tert-OH is 1. The molecule has 0 aliphatic heterocycles. The number of aliphatic hydroxyl groups is 1. The van der Waals surface area contributed by atoms with E-state index in [-0.39, 0.29) is 32.4 Å². The van der Waals surface area contributed by atoms with Crippen LogP contribution in [0.1, 0.15) is 20.8 Å². The quantitative estimate of drug-likeness (QED) is 0.205. The van der Waals surface area contributed by atoms with Gasteiger partial charge >= 0.3 is 18.2 Å². The SMILES string of the molecule is CC(C)(C)OC(=O)OCCOc1ncc2cc(Br)ccc2n1.OCCOc1ncc2cc(Br)ccc2n1. The van der Waals surface area contributed by atoms with Gasteiger partial charge in [0.25, 0.3) is 0 Å². The molecule has 0 saturated carbocycles. The van der Waals surface area contributed by atoms with Crippen molar-refractivity contribution in [1.29, 1.82) is 0 Å². The fraction of sp³-hybridized carbons (Fsp3) is 0.320. The summed E-state index contributed by atoms with van der Waals surface area (Å²) in [6.07, 6.45) is 2.65. The van der Waals surface area contributed by atoms with E-state index in [4.69, 9.17) is 24.1 Å². The molecule has 37 heavy (non-hydrogen) atoms. The van der Waals surface area contributed by atoms with Crippen molar-refractivity contribution in [1.82, 2.24) is 19.9 Å². The highest BCUT2D eigenvalue weighted by Gasteiger charge is 2.17. The van der Waals surface area contributed by atoms with Crippen LogP contribution in [0.3, 0.4) is 0 Å². The number of halogens is 2. The molecule has 0 saturated heterocycles. The molecule has 2 aromatic carbocycles. The second kappa shape index (κ2) is 13.5. The number of hydrogen-bond acceptors (Lipinski definition) is 10. The minimum atomic E-state index is -0.722. The van der Waals surface area contributed by atoms with E-state index in [9.17, 15) is 4.79 Å². The van der Waals surface area contributed by atoms with E-state index in [1.165, 1.54) is 0 Å². The van der Waals surface area contributed by atoms with Crippen molar-refractivity contribution in [3.8, 4) is 12.0 Å². The predicted octanol–water partition coefficient (Wildman–Crippen LogP) is 5.49. The smallest absolute Gasteiger partial charge is 0.461 e. The average molecular weight is 638 g/mol. The Hall–Kier alpha value is -3.09. The number of nitrogens with zero attached hydrogens (tertiary/aromatic N) is 4. The molecule has 0 spiro atoms. The van der Waals surface area contributed by atoms with Gasteiger partial charge in [-0.2, -0.15) is 9.97 Å². The number of aromatic nitrogens is 4. The second-order valence-electron chi connectivity index (χ2n) is 8.44. The highest BCUT2D eigenvalue weighted by molar-refractivity contribution is 9.10. The first kappa shape index (κ1) is 28.5. The third-order valence-corrected chi connectivity index (χ3v) is 5.27. The monoisotopic (exact) mass is 636 g/mol. The maximum atomic E-state index is 11.3. The molecule has 196 valence electrons. The summed E-state index contributed by atoms with van der Waals surface area (Å²) in [5.41, 5.74) is 1.02. The molecule has 4 aromatic rings. The van der Waals surface area contributed by atoms with E-state index in [0.29, 0.717) is 6.01 Å². The molecule has 2 heterocycles. The molecule has 0 unspecified atom stereocenters. The second-order valence-corrected chi connectivity index (χ2v) is 10.3. The van der Waals surface area contributed by atoms with Crippen LogP contribution < -0.4 is 9.47 Å². The van der Waals surface area contributed by atoms with Gasteiger partial charge in [-0.15, -0.1) is 0 Å². The molecular weight excluding hydrogens is 612 g/mol. The Morgan fingerprint density at radius 2 is 1.35 bits per heavy atom. The molecule has 4 rings (SSSR count). The fourth-order valence-corrected chi connectivity index (χ4v) is 3.55. The first-order chi connectivity index (χ1) is 17.6. The molecule has 0 fully saturated rings. The average Bonchev–Trinajstić information content (AvgIpc) is 2.84. The van der Waals surface area contributed by atoms with E-state index in [1.807, 2.05) is 36.4 Å². The van der Waals surface area contributed by atoms with E-state index in [1.54, 1.807) is 33.2 Å². The minimum Gasteiger partial charge on any atom is -0.461 e. The largest absolute Gasteiger partial charge is 0.508 e. The Labute approximate surface area is 230 Å². The van der Waals surface area contributed by atoms with Crippen LogP contribution in [0.4, 0.5) is 4.79 Å². The Kier molecular flexibility index (Phi) is 10.4. The Morgan fingerprint density at radius 1 is 0.838 bits per heavy atom. The summed E-state index contributed by atoms with van der Waals surface area (Å²) in [4.78, 5) is 27.9. The number of hydrogen-bond donors (Lipinski definition) is 1. The van der Waals surface area contributed by atoms with Crippen LogP contribution >= 0.6 is 31.9 Å². The van der Waals surface area contributed by atoms with Gasteiger partial charge in [-0.1, -0.05) is 31.9 Å². The van der Waals surface area contributed by atoms with E-state index >= 15 is 0 Å². The number of carbonyl (C=O) groups excluding carboxylic acids is 1. The summed E-state index contributed by atoms with van der Waals surface area (Å²) >= 11 is 6.76. The van der Waals surface area contributed by atoms with Crippen LogP contribution in [0, 0.1) is 0 Å².